The Morgan fingerprint density at radius 3 is 2.38 bits per heavy atom. The van der Waals surface area contributed by atoms with Crippen LogP contribution in [0.15, 0.2) is 18.2 Å². The van der Waals surface area contributed by atoms with E-state index in [1.54, 1.807) is 18.2 Å². The Bertz CT molecular complexity index is 338. The third-order valence-corrected chi connectivity index (χ3v) is 4.24. The van der Waals surface area contributed by atoms with Crippen LogP contribution < -0.4 is 0 Å². The molecule has 90 valence electrons. The van der Waals surface area contributed by atoms with Crippen molar-refractivity contribution in [2.24, 2.45) is 5.41 Å². The van der Waals surface area contributed by atoms with Crippen molar-refractivity contribution in [3.63, 3.8) is 0 Å². The lowest BCUT2D eigenvalue weighted by atomic mass is 9.78. The second kappa shape index (κ2) is 5.88. The van der Waals surface area contributed by atoms with Crippen LogP contribution in [0.25, 0.3) is 0 Å². The number of halogens is 3. The van der Waals surface area contributed by atoms with Gasteiger partial charge in [-0.3, -0.25) is 0 Å². The molecule has 0 amide bonds. The Labute approximate surface area is 107 Å². The first-order chi connectivity index (χ1) is 7.58. The Hall–Kier alpha value is -0.270. The summed E-state index contributed by atoms with van der Waals surface area (Å²) in [6.45, 7) is 4.18. The minimum atomic E-state index is -0.305. The third kappa shape index (κ3) is 2.89. The van der Waals surface area contributed by atoms with Gasteiger partial charge in [0.2, 0.25) is 0 Å². The number of hydrogen-bond acceptors (Lipinski definition) is 0. The minimum absolute atomic E-state index is 0.0208. The number of rotatable bonds is 5. The van der Waals surface area contributed by atoms with Gasteiger partial charge in [-0.1, -0.05) is 37.6 Å². The van der Waals surface area contributed by atoms with Crippen LogP contribution in [0.4, 0.5) is 4.39 Å². The molecule has 3 heteroatoms. The van der Waals surface area contributed by atoms with Gasteiger partial charge < -0.3 is 0 Å². The van der Waals surface area contributed by atoms with Crippen LogP contribution in [0.1, 0.15) is 32.3 Å². The van der Waals surface area contributed by atoms with Gasteiger partial charge in [0.05, 0.1) is 5.02 Å². The Balaban J connectivity index is 2.98. The molecule has 0 saturated heterocycles. The van der Waals surface area contributed by atoms with Crippen molar-refractivity contribution in [2.45, 2.75) is 33.1 Å². The quantitative estimate of drug-likeness (QED) is 0.651. The Kier molecular flexibility index (Phi) is 5.07. The molecule has 0 aromatic heterocycles. The molecule has 0 aliphatic carbocycles. The zero-order chi connectivity index (χ0) is 12.2. The maximum absolute atomic E-state index is 13.8. The molecule has 1 aromatic carbocycles. The summed E-state index contributed by atoms with van der Waals surface area (Å²) in [4.78, 5) is 0. The van der Waals surface area contributed by atoms with E-state index in [4.69, 9.17) is 23.2 Å². The first kappa shape index (κ1) is 13.8. The summed E-state index contributed by atoms with van der Waals surface area (Å²) < 4.78 is 13.8. The predicted octanol–water partition coefficient (Wildman–Crippen LogP) is 5.07. The van der Waals surface area contributed by atoms with E-state index in [0.29, 0.717) is 17.9 Å². The van der Waals surface area contributed by atoms with Crippen molar-refractivity contribution in [3.05, 3.63) is 34.6 Å². The van der Waals surface area contributed by atoms with Crippen LogP contribution >= 0.6 is 23.2 Å². The molecule has 0 aliphatic heterocycles. The first-order valence-corrected chi connectivity index (χ1v) is 6.48. The van der Waals surface area contributed by atoms with Gasteiger partial charge >= 0.3 is 0 Å². The van der Waals surface area contributed by atoms with E-state index in [0.717, 1.165) is 12.8 Å². The average Bonchev–Trinajstić information content (AvgIpc) is 2.32. The van der Waals surface area contributed by atoms with Crippen molar-refractivity contribution >= 4 is 23.2 Å². The van der Waals surface area contributed by atoms with Gasteiger partial charge in [0.15, 0.2) is 0 Å². The largest absolute Gasteiger partial charge is 0.205 e. The summed E-state index contributed by atoms with van der Waals surface area (Å²) in [6, 6.07) is 5.14. The first-order valence-electron chi connectivity index (χ1n) is 5.57. The lowest BCUT2D eigenvalue weighted by Crippen LogP contribution is -2.24. The van der Waals surface area contributed by atoms with E-state index in [9.17, 15) is 4.39 Å². The van der Waals surface area contributed by atoms with Gasteiger partial charge in [0.1, 0.15) is 5.82 Å². The van der Waals surface area contributed by atoms with Gasteiger partial charge in [-0.15, -0.1) is 11.6 Å². The maximum Gasteiger partial charge on any atom is 0.144 e. The highest BCUT2D eigenvalue weighted by atomic mass is 35.5. The molecule has 1 aromatic rings. The fraction of sp³-hybridized carbons (Fsp3) is 0.538. The van der Waals surface area contributed by atoms with Crippen molar-refractivity contribution < 1.29 is 4.39 Å². The molecule has 0 nitrogen and oxygen atoms in total. The highest BCUT2D eigenvalue weighted by Gasteiger charge is 2.26. The number of benzene rings is 1. The topological polar surface area (TPSA) is 0 Å². The summed E-state index contributed by atoms with van der Waals surface area (Å²) in [7, 11) is 0. The summed E-state index contributed by atoms with van der Waals surface area (Å²) in [6.07, 6.45) is 2.54. The van der Waals surface area contributed by atoms with Crippen LogP contribution in [0, 0.1) is 11.2 Å². The lowest BCUT2D eigenvalue weighted by molar-refractivity contribution is 0.298. The van der Waals surface area contributed by atoms with Crippen molar-refractivity contribution in [3.8, 4) is 0 Å². The van der Waals surface area contributed by atoms with Crippen LogP contribution in [-0.4, -0.2) is 5.88 Å². The van der Waals surface area contributed by atoms with Crippen molar-refractivity contribution in [2.75, 3.05) is 5.88 Å². The van der Waals surface area contributed by atoms with Gasteiger partial charge in [-0.05, 0) is 36.3 Å². The molecule has 0 bridgehead atoms. The second-order valence-corrected chi connectivity index (χ2v) is 4.90. The van der Waals surface area contributed by atoms with Crippen LogP contribution in [0.2, 0.25) is 5.02 Å². The van der Waals surface area contributed by atoms with E-state index in [-0.39, 0.29) is 16.3 Å². The van der Waals surface area contributed by atoms with Gasteiger partial charge in [-0.2, -0.15) is 0 Å². The Morgan fingerprint density at radius 2 is 1.88 bits per heavy atom. The molecule has 0 spiro atoms. The molecule has 0 atom stereocenters. The van der Waals surface area contributed by atoms with E-state index in [1.165, 1.54) is 0 Å². The highest BCUT2D eigenvalue weighted by Crippen LogP contribution is 2.34. The fourth-order valence-electron chi connectivity index (χ4n) is 1.83. The normalized spacial score (nSPS) is 11.8. The summed E-state index contributed by atoms with van der Waals surface area (Å²) in [5, 5.41) is 0.188. The number of hydrogen-bond donors (Lipinski definition) is 0. The van der Waals surface area contributed by atoms with Crippen LogP contribution in [0.5, 0.6) is 0 Å². The standard InChI is InChI=1S/C13H17Cl2F/c1-3-13(4-2,9-14)8-10-6-5-7-11(15)12(10)16/h5-7H,3-4,8-9H2,1-2H3. The lowest BCUT2D eigenvalue weighted by Gasteiger charge is -2.29. The van der Waals surface area contributed by atoms with Crippen LogP contribution in [-0.2, 0) is 6.42 Å². The molecule has 0 N–H and O–H groups in total. The zero-order valence-corrected chi connectivity index (χ0v) is 11.2. The summed E-state index contributed by atoms with van der Waals surface area (Å²) in [5.74, 6) is 0.243. The van der Waals surface area contributed by atoms with E-state index >= 15 is 0 Å². The molecule has 0 heterocycles. The summed E-state index contributed by atoms with van der Waals surface area (Å²) in [5.41, 5.74) is 0.643. The number of alkyl halides is 1. The molecule has 0 radical (unpaired) electrons. The fourth-order valence-corrected chi connectivity index (χ4v) is 2.49. The monoisotopic (exact) mass is 262 g/mol. The van der Waals surface area contributed by atoms with Crippen molar-refractivity contribution in [1.82, 2.24) is 0 Å². The molecule has 0 aliphatic rings. The molecule has 1 rings (SSSR count). The average molecular weight is 263 g/mol. The van der Waals surface area contributed by atoms with E-state index in [1.807, 2.05) is 0 Å². The molecular formula is C13H17Cl2F. The smallest absolute Gasteiger partial charge is 0.144 e. The van der Waals surface area contributed by atoms with Crippen molar-refractivity contribution in [1.29, 1.82) is 0 Å². The molecular weight excluding hydrogens is 246 g/mol. The molecule has 16 heavy (non-hydrogen) atoms. The van der Waals surface area contributed by atoms with Gasteiger partial charge in [0.25, 0.3) is 0 Å². The SMILES string of the molecule is CCC(CC)(CCl)Cc1cccc(Cl)c1F. The van der Waals surface area contributed by atoms with E-state index < -0.39 is 0 Å². The third-order valence-electron chi connectivity index (χ3n) is 3.38. The van der Waals surface area contributed by atoms with Gasteiger partial charge in [-0.25, -0.2) is 4.39 Å². The molecule has 0 fully saturated rings. The Morgan fingerprint density at radius 1 is 1.25 bits per heavy atom. The highest BCUT2D eigenvalue weighted by molar-refractivity contribution is 6.30. The maximum atomic E-state index is 13.8. The second-order valence-electron chi connectivity index (χ2n) is 4.23. The molecule has 0 unspecified atom stereocenters. The predicted molar refractivity (Wildman–Crippen MR) is 68.8 cm³/mol. The van der Waals surface area contributed by atoms with Crippen LogP contribution in [0.3, 0.4) is 0 Å². The van der Waals surface area contributed by atoms with Gasteiger partial charge in [0, 0.05) is 5.88 Å². The zero-order valence-electron chi connectivity index (χ0n) is 9.69. The van der Waals surface area contributed by atoms with E-state index in [2.05, 4.69) is 13.8 Å². The molecule has 0 saturated carbocycles. The summed E-state index contributed by atoms with van der Waals surface area (Å²) >= 11 is 11.8. The minimum Gasteiger partial charge on any atom is -0.205 e.